The number of anilines is 2. The van der Waals surface area contributed by atoms with E-state index < -0.39 is 0 Å². The zero-order valence-corrected chi connectivity index (χ0v) is 18.5. The number of hydrogen-bond donors (Lipinski definition) is 3. The number of benzene rings is 1. The number of hydrogen-bond acceptors (Lipinski definition) is 6. The van der Waals surface area contributed by atoms with E-state index in [-0.39, 0.29) is 18.3 Å². The fourth-order valence-corrected chi connectivity index (χ4v) is 4.00. The van der Waals surface area contributed by atoms with E-state index in [0.29, 0.717) is 36.3 Å². The van der Waals surface area contributed by atoms with Crippen molar-refractivity contribution in [3.8, 4) is 5.75 Å². The van der Waals surface area contributed by atoms with Crippen molar-refractivity contribution in [1.29, 1.82) is 0 Å². The molecule has 164 valence electrons. The molecule has 0 unspecified atom stereocenters. The maximum absolute atomic E-state index is 13.3. The number of ether oxygens (including phenoxy) is 1. The van der Waals surface area contributed by atoms with Gasteiger partial charge in [0.1, 0.15) is 17.3 Å². The molecule has 0 atom stereocenters. The van der Waals surface area contributed by atoms with Gasteiger partial charge in [-0.3, -0.25) is 9.89 Å². The standard InChI is InChI=1S/C22H26N6O2.ClH/c1-13-17-11-15(30-2)5-6-16(17)21(24-19-12-18(26-27-19)14-3-4-14)25-20(13)22(29)28-9-7-23-8-10-28;/h5-6,11-12,14,23H,3-4,7-10H2,1-2H3,(H2,24,25,26,27);1H. The Morgan fingerprint density at radius 2 is 1.97 bits per heavy atom. The van der Waals surface area contributed by atoms with Gasteiger partial charge in [0.05, 0.1) is 7.11 Å². The lowest BCUT2D eigenvalue weighted by atomic mass is 10.0. The number of rotatable bonds is 5. The fraction of sp³-hybridized carbons (Fsp3) is 0.409. The zero-order chi connectivity index (χ0) is 20.7. The smallest absolute Gasteiger partial charge is 0.272 e. The second-order valence-electron chi connectivity index (χ2n) is 8.00. The number of H-pyrrole nitrogens is 1. The SMILES string of the molecule is COc1ccc2c(Nc3cc(C4CC4)[nH]n3)nc(C(=O)N3CCNCC3)c(C)c2c1.Cl. The van der Waals surface area contributed by atoms with E-state index >= 15 is 0 Å². The van der Waals surface area contributed by atoms with Crippen molar-refractivity contribution in [3.63, 3.8) is 0 Å². The van der Waals surface area contributed by atoms with Crippen molar-refractivity contribution in [2.24, 2.45) is 0 Å². The average Bonchev–Trinajstić information content (AvgIpc) is 3.54. The van der Waals surface area contributed by atoms with Crippen molar-refractivity contribution >= 4 is 40.7 Å². The van der Waals surface area contributed by atoms with Crippen LogP contribution in [0.2, 0.25) is 0 Å². The Hall–Kier alpha value is -2.84. The second kappa shape index (κ2) is 8.72. The van der Waals surface area contributed by atoms with Crippen LogP contribution in [0.15, 0.2) is 24.3 Å². The molecule has 0 bridgehead atoms. The Morgan fingerprint density at radius 1 is 1.19 bits per heavy atom. The van der Waals surface area contributed by atoms with Crippen molar-refractivity contribution in [1.82, 2.24) is 25.4 Å². The third kappa shape index (κ3) is 4.18. The predicted octanol–water partition coefficient (Wildman–Crippen LogP) is 3.36. The topological polar surface area (TPSA) is 95.2 Å². The van der Waals surface area contributed by atoms with Crippen LogP contribution in [0.1, 0.15) is 40.5 Å². The van der Waals surface area contributed by atoms with Gasteiger partial charge in [0, 0.05) is 49.2 Å². The molecule has 1 aliphatic heterocycles. The highest BCUT2D eigenvalue weighted by Gasteiger charge is 2.26. The summed E-state index contributed by atoms with van der Waals surface area (Å²) in [6.45, 7) is 4.92. The largest absolute Gasteiger partial charge is 0.497 e. The van der Waals surface area contributed by atoms with Crippen molar-refractivity contribution < 1.29 is 9.53 Å². The van der Waals surface area contributed by atoms with Crippen molar-refractivity contribution in [2.45, 2.75) is 25.7 Å². The van der Waals surface area contributed by atoms with E-state index in [1.807, 2.05) is 36.1 Å². The molecular weight excluding hydrogens is 416 g/mol. The molecule has 2 fully saturated rings. The monoisotopic (exact) mass is 442 g/mol. The second-order valence-corrected chi connectivity index (χ2v) is 8.00. The molecule has 0 radical (unpaired) electrons. The Kier molecular flexibility index (Phi) is 6.02. The highest BCUT2D eigenvalue weighted by atomic mass is 35.5. The molecule has 1 saturated heterocycles. The maximum Gasteiger partial charge on any atom is 0.272 e. The number of aryl methyl sites for hydroxylation is 1. The van der Waals surface area contributed by atoms with Crippen LogP contribution < -0.4 is 15.4 Å². The Balaban J connectivity index is 0.00000231. The number of nitrogens with one attached hydrogen (secondary N) is 3. The molecule has 9 heteroatoms. The van der Waals surface area contributed by atoms with Gasteiger partial charge >= 0.3 is 0 Å². The summed E-state index contributed by atoms with van der Waals surface area (Å²) in [5.74, 6) is 2.64. The summed E-state index contributed by atoms with van der Waals surface area (Å²) in [5.41, 5.74) is 2.48. The summed E-state index contributed by atoms with van der Waals surface area (Å²) >= 11 is 0. The number of aromatic nitrogens is 3. The first kappa shape index (κ1) is 21.4. The van der Waals surface area contributed by atoms with Crippen molar-refractivity contribution in [2.75, 3.05) is 38.6 Å². The summed E-state index contributed by atoms with van der Waals surface area (Å²) in [5, 5.41) is 16.0. The van der Waals surface area contributed by atoms with Gasteiger partial charge in [0.25, 0.3) is 5.91 Å². The zero-order valence-electron chi connectivity index (χ0n) is 17.7. The van der Waals surface area contributed by atoms with E-state index in [0.717, 1.165) is 40.9 Å². The lowest BCUT2D eigenvalue weighted by Gasteiger charge is -2.28. The van der Waals surface area contributed by atoms with Crippen LogP contribution in [0.3, 0.4) is 0 Å². The van der Waals surface area contributed by atoms with Crippen LogP contribution in [0.4, 0.5) is 11.6 Å². The minimum absolute atomic E-state index is 0. The molecule has 3 N–H and O–H groups in total. The van der Waals surface area contributed by atoms with E-state index in [9.17, 15) is 4.79 Å². The maximum atomic E-state index is 13.3. The first-order chi connectivity index (χ1) is 14.6. The fourth-order valence-electron chi connectivity index (χ4n) is 4.00. The Morgan fingerprint density at radius 3 is 2.68 bits per heavy atom. The highest BCUT2D eigenvalue weighted by molar-refractivity contribution is 6.04. The number of nitrogens with zero attached hydrogens (tertiary/aromatic N) is 3. The van der Waals surface area contributed by atoms with Gasteiger partial charge < -0.3 is 20.3 Å². The van der Waals surface area contributed by atoms with Crippen LogP contribution in [0.5, 0.6) is 5.75 Å². The number of halogens is 1. The van der Waals surface area contributed by atoms with Gasteiger partial charge in [-0.15, -0.1) is 12.4 Å². The summed E-state index contributed by atoms with van der Waals surface area (Å²) in [7, 11) is 1.65. The normalized spacial score (nSPS) is 16.1. The third-order valence-corrected chi connectivity index (χ3v) is 5.93. The number of fused-ring (bicyclic) bond motifs is 1. The summed E-state index contributed by atoms with van der Waals surface area (Å²) in [4.78, 5) is 19.9. The minimum Gasteiger partial charge on any atom is -0.497 e. The van der Waals surface area contributed by atoms with Gasteiger partial charge in [0.15, 0.2) is 5.82 Å². The Bertz CT molecular complexity index is 1100. The van der Waals surface area contributed by atoms with Gasteiger partial charge in [-0.1, -0.05) is 0 Å². The number of amides is 1. The predicted molar refractivity (Wildman–Crippen MR) is 123 cm³/mol. The molecule has 3 aromatic rings. The number of methoxy groups -OCH3 is 1. The molecule has 1 saturated carbocycles. The van der Waals surface area contributed by atoms with Crippen LogP contribution in [0.25, 0.3) is 10.8 Å². The molecule has 1 aromatic carbocycles. The van der Waals surface area contributed by atoms with Crippen LogP contribution in [-0.4, -0.2) is 59.3 Å². The molecule has 31 heavy (non-hydrogen) atoms. The van der Waals surface area contributed by atoms with Crippen LogP contribution >= 0.6 is 12.4 Å². The summed E-state index contributed by atoms with van der Waals surface area (Å²) < 4.78 is 5.43. The van der Waals surface area contributed by atoms with Crippen molar-refractivity contribution in [3.05, 3.63) is 41.2 Å². The summed E-state index contributed by atoms with van der Waals surface area (Å²) in [6.07, 6.45) is 2.41. The van der Waals surface area contributed by atoms with Gasteiger partial charge in [-0.2, -0.15) is 5.10 Å². The average molecular weight is 443 g/mol. The molecule has 8 nitrogen and oxygen atoms in total. The number of carbonyl (C=O) groups excluding carboxylic acids is 1. The van der Waals surface area contributed by atoms with Gasteiger partial charge in [-0.05, 0) is 48.9 Å². The summed E-state index contributed by atoms with van der Waals surface area (Å²) in [6, 6.07) is 7.88. The first-order valence-corrected chi connectivity index (χ1v) is 10.4. The van der Waals surface area contributed by atoms with E-state index in [1.54, 1.807) is 7.11 Å². The molecule has 5 rings (SSSR count). The molecular formula is C22H27ClN6O2. The number of pyridine rings is 1. The van der Waals surface area contributed by atoms with E-state index in [2.05, 4.69) is 20.8 Å². The lowest BCUT2D eigenvalue weighted by molar-refractivity contribution is 0.0729. The quantitative estimate of drug-likeness (QED) is 0.560. The highest BCUT2D eigenvalue weighted by Crippen LogP contribution is 2.40. The number of piperazine rings is 1. The molecule has 3 heterocycles. The van der Waals surface area contributed by atoms with E-state index in [1.165, 1.54) is 12.8 Å². The molecule has 2 aromatic heterocycles. The third-order valence-electron chi connectivity index (χ3n) is 5.93. The molecule has 2 aliphatic rings. The van der Waals surface area contributed by atoms with Gasteiger partial charge in [0.2, 0.25) is 0 Å². The number of carbonyl (C=O) groups is 1. The van der Waals surface area contributed by atoms with Crippen LogP contribution in [-0.2, 0) is 0 Å². The van der Waals surface area contributed by atoms with E-state index in [4.69, 9.17) is 9.72 Å². The Labute approximate surface area is 187 Å². The van der Waals surface area contributed by atoms with Gasteiger partial charge in [-0.25, -0.2) is 4.98 Å². The molecule has 0 spiro atoms. The lowest BCUT2D eigenvalue weighted by Crippen LogP contribution is -2.46. The number of aromatic amines is 1. The molecule has 1 aliphatic carbocycles. The molecule has 1 amide bonds. The first-order valence-electron chi connectivity index (χ1n) is 10.4. The van der Waals surface area contributed by atoms with Crippen LogP contribution in [0, 0.1) is 6.92 Å². The minimum atomic E-state index is -0.0394.